The molecule has 0 spiro atoms. The van der Waals surface area contributed by atoms with Gasteiger partial charge < -0.3 is 30.4 Å². The molecule has 2 aliphatic rings. The Morgan fingerprint density at radius 1 is 1.10 bits per heavy atom. The minimum atomic E-state index is -1.47. The Bertz CT molecular complexity index is 1320. The predicted octanol–water partition coefficient (Wildman–Crippen LogP) is -8.57. The number of anilines is 1. The van der Waals surface area contributed by atoms with Crippen LogP contribution in [0.15, 0.2) is 40.7 Å². The number of carboxylic acids is 2. The summed E-state index contributed by atoms with van der Waals surface area (Å²) in [6, 6.07) is 5.50. The number of hydrogen-bond acceptors (Lipinski definition) is 12. The van der Waals surface area contributed by atoms with Gasteiger partial charge in [0.2, 0.25) is 17.0 Å². The first-order valence-electron chi connectivity index (χ1n) is 11.2. The fourth-order valence-electron chi connectivity index (χ4n) is 3.83. The summed E-state index contributed by atoms with van der Waals surface area (Å²) in [6.07, 6.45) is -0.648. The number of amides is 3. The summed E-state index contributed by atoms with van der Waals surface area (Å²) in [5, 5.41) is 38.6. The molecule has 1 fully saturated rings. The van der Waals surface area contributed by atoms with Crippen LogP contribution in [0.4, 0.5) is 5.69 Å². The van der Waals surface area contributed by atoms with Crippen LogP contribution >= 0.6 is 23.5 Å². The third-order valence-electron chi connectivity index (χ3n) is 5.67. The van der Waals surface area contributed by atoms with Crippen molar-refractivity contribution in [2.24, 2.45) is 7.05 Å². The quantitative estimate of drug-likeness (QED) is 0.139. The average molecular weight is 606 g/mol. The monoisotopic (exact) mass is 605 g/mol. The molecule has 0 bridgehead atoms. The molecule has 0 aliphatic carbocycles. The van der Waals surface area contributed by atoms with Crippen LogP contribution in [-0.2, 0) is 37.4 Å². The van der Waals surface area contributed by atoms with Gasteiger partial charge >= 0.3 is 59.1 Å². The molecule has 0 radical (unpaired) electrons. The second-order valence-electron chi connectivity index (χ2n) is 8.36. The van der Waals surface area contributed by atoms with Crippen LogP contribution in [-0.4, -0.2) is 77.7 Å². The van der Waals surface area contributed by atoms with Gasteiger partial charge in [0.15, 0.2) is 0 Å². The first-order valence-corrected chi connectivity index (χ1v) is 13.3. The average Bonchev–Trinajstić information content (AvgIpc) is 3.29. The molecule has 1 saturated heterocycles. The predicted molar refractivity (Wildman–Crippen MR) is 130 cm³/mol. The number of thioether (sulfide) groups is 2. The molecule has 40 heavy (non-hydrogen) atoms. The van der Waals surface area contributed by atoms with Crippen LogP contribution in [0.3, 0.4) is 0 Å². The zero-order valence-corrected chi connectivity index (χ0v) is 27.5. The first kappa shape index (κ1) is 34.3. The molecule has 2 aromatic rings. The molecule has 3 heterocycles. The number of tetrazole rings is 1. The van der Waals surface area contributed by atoms with Gasteiger partial charge in [0.25, 0.3) is 5.91 Å². The van der Waals surface area contributed by atoms with Crippen LogP contribution in [0.2, 0.25) is 0 Å². The molecular weight excluding hydrogens is 584 g/mol. The smallest absolute Gasteiger partial charge is 0.550 e. The van der Waals surface area contributed by atoms with E-state index in [4.69, 9.17) is 0 Å². The summed E-state index contributed by atoms with van der Waals surface area (Å²) in [4.78, 5) is 60.6. The van der Waals surface area contributed by atoms with E-state index in [-0.39, 0.29) is 89.8 Å². The topological polar surface area (TPSA) is 202 Å². The molecule has 1 aromatic carbocycles. The Balaban J connectivity index is 0.00000280. The summed E-state index contributed by atoms with van der Waals surface area (Å²) < 4.78 is 1.45. The summed E-state index contributed by atoms with van der Waals surface area (Å²) in [5.74, 6) is -3.63. The molecule has 2 aliphatic heterocycles. The number of carboxylic acid groups (broad SMARTS) is 2. The van der Waals surface area contributed by atoms with Gasteiger partial charge in [0.1, 0.15) is 11.4 Å². The minimum absolute atomic E-state index is 0. The normalized spacial score (nSPS) is 17.5. The maximum absolute atomic E-state index is 12.8. The number of carbonyl (C=O) groups excluding carboxylic acids is 5. The molecular formula is C22H21N7Na2O7S2. The Morgan fingerprint density at radius 2 is 1.80 bits per heavy atom. The molecule has 0 unspecified atom stereocenters. The molecule has 0 saturated carbocycles. The van der Waals surface area contributed by atoms with Crippen molar-refractivity contribution in [2.45, 2.75) is 35.8 Å². The van der Waals surface area contributed by atoms with Crippen molar-refractivity contribution in [1.29, 1.82) is 0 Å². The van der Waals surface area contributed by atoms with E-state index >= 15 is 0 Å². The molecule has 4 rings (SSSR count). The zero-order chi connectivity index (χ0) is 27.4. The van der Waals surface area contributed by atoms with E-state index in [0.29, 0.717) is 27.7 Å². The van der Waals surface area contributed by atoms with E-state index in [0.717, 1.165) is 4.90 Å². The van der Waals surface area contributed by atoms with E-state index in [2.05, 4.69) is 26.2 Å². The number of benzene rings is 1. The SMILES string of the molecule is Cn1nnnc1SCC1=C(C(=O)[O-])N2C(=O)[C@@H](NC(=O)Cc3ccc(NC(=O)CCC(=O)[O-])cc3)[C@@H]2SC1.[Na+].[Na+]. The van der Waals surface area contributed by atoms with Gasteiger partial charge in [-0.3, -0.25) is 19.3 Å². The third-order valence-corrected chi connectivity index (χ3v) is 8.11. The first-order chi connectivity index (χ1) is 18.1. The zero-order valence-electron chi connectivity index (χ0n) is 21.9. The minimum Gasteiger partial charge on any atom is -0.550 e. The number of hydrogen-bond donors (Lipinski definition) is 2. The van der Waals surface area contributed by atoms with E-state index in [1.165, 1.54) is 28.2 Å². The van der Waals surface area contributed by atoms with Crippen molar-refractivity contribution in [3.05, 3.63) is 41.1 Å². The summed E-state index contributed by atoms with van der Waals surface area (Å²) in [7, 11) is 1.66. The number of nitrogens with zero attached hydrogens (tertiary/aromatic N) is 5. The van der Waals surface area contributed by atoms with E-state index in [9.17, 15) is 34.2 Å². The van der Waals surface area contributed by atoms with Gasteiger partial charge in [0, 0.05) is 36.6 Å². The maximum atomic E-state index is 12.8. The van der Waals surface area contributed by atoms with Crippen molar-refractivity contribution in [1.82, 2.24) is 30.4 Å². The number of fused-ring (bicyclic) bond motifs is 1. The number of nitrogens with one attached hydrogen (secondary N) is 2. The van der Waals surface area contributed by atoms with Gasteiger partial charge in [0.05, 0.1) is 18.1 Å². The molecule has 18 heteroatoms. The van der Waals surface area contributed by atoms with Crippen molar-refractivity contribution >= 4 is 58.9 Å². The number of rotatable bonds is 11. The molecule has 2 atom stereocenters. The van der Waals surface area contributed by atoms with Crippen molar-refractivity contribution < 1.29 is 93.3 Å². The Morgan fingerprint density at radius 3 is 2.40 bits per heavy atom. The molecule has 3 amide bonds. The van der Waals surface area contributed by atoms with Gasteiger partial charge in [-0.1, -0.05) is 23.9 Å². The Kier molecular flexibility index (Phi) is 13.2. The van der Waals surface area contributed by atoms with Crippen molar-refractivity contribution in [2.75, 3.05) is 16.8 Å². The largest absolute Gasteiger partial charge is 1.00 e. The second kappa shape index (κ2) is 15.3. The van der Waals surface area contributed by atoms with E-state index in [1.807, 2.05) is 0 Å². The van der Waals surface area contributed by atoms with Crippen LogP contribution in [0, 0.1) is 0 Å². The molecule has 1 aromatic heterocycles. The third kappa shape index (κ3) is 8.31. The van der Waals surface area contributed by atoms with Crippen LogP contribution in [0.1, 0.15) is 18.4 Å². The van der Waals surface area contributed by atoms with Crippen molar-refractivity contribution in [3.8, 4) is 0 Å². The number of aromatic nitrogens is 4. The van der Waals surface area contributed by atoms with Crippen LogP contribution in [0.25, 0.3) is 0 Å². The Labute approximate surface area is 281 Å². The number of β-lactam (4-membered cyclic amide) rings is 1. The van der Waals surface area contributed by atoms with Crippen LogP contribution in [0.5, 0.6) is 0 Å². The second-order valence-corrected chi connectivity index (χ2v) is 10.4. The number of aliphatic carboxylic acids is 2. The molecule has 2 N–H and O–H groups in total. The summed E-state index contributed by atoms with van der Waals surface area (Å²) in [6.45, 7) is 0. The van der Waals surface area contributed by atoms with E-state index < -0.39 is 41.1 Å². The standard InChI is InChI=1S/C22H23N7O7S2.2Na/c1-28-22(25-26-27-28)38-10-12-9-37-20-17(19(34)29(20)18(12)21(35)36)24-15(31)8-11-2-4-13(5-3-11)23-14(30)6-7-16(32)33;;/h2-5,17,20H,6-10H2,1H3,(H,23,30)(H,24,31)(H,32,33)(H,35,36);;/q;2*+1/p-2/t17-,20+;;/m1../s1. The number of carbonyl (C=O) groups is 5. The molecule has 200 valence electrons. The number of aryl methyl sites for hydroxylation is 1. The van der Waals surface area contributed by atoms with Crippen LogP contribution < -0.4 is 80.0 Å². The summed E-state index contributed by atoms with van der Waals surface area (Å²) in [5.41, 5.74) is 1.36. The Hall–Kier alpha value is -1.92. The van der Waals surface area contributed by atoms with Gasteiger partial charge in [-0.25, -0.2) is 4.68 Å². The van der Waals surface area contributed by atoms with Gasteiger partial charge in [-0.05, 0) is 40.1 Å². The van der Waals surface area contributed by atoms with Crippen molar-refractivity contribution in [3.63, 3.8) is 0 Å². The fraction of sp³-hybridized carbons (Fsp3) is 0.364. The maximum Gasteiger partial charge on any atom is 1.00 e. The molecule has 14 nitrogen and oxygen atoms in total. The van der Waals surface area contributed by atoms with Gasteiger partial charge in [-0.15, -0.1) is 16.9 Å². The van der Waals surface area contributed by atoms with Gasteiger partial charge in [-0.2, -0.15) is 0 Å². The summed E-state index contributed by atoms with van der Waals surface area (Å²) >= 11 is 2.58. The fourth-order valence-corrected chi connectivity index (χ4v) is 6.17. The van der Waals surface area contributed by atoms with E-state index in [1.54, 1.807) is 31.3 Å².